The van der Waals surface area contributed by atoms with Crippen molar-refractivity contribution < 1.29 is 52.5 Å². The van der Waals surface area contributed by atoms with Crippen LogP contribution in [0, 0.1) is 45.2 Å². The zero-order valence-corrected chi connectivity index (χ0v) is 36.4. The molecule has 2 heterocycles. The van der Waals surface area contributed by atoms with Crippen LogP contribution in [-0.4, -0.2) is 75.4 Å². The third-order valence-electron chi connectivity index (χ3n) is 10.6. The number of halogens is 2. The summed E-state index contributed by atoms with van der Waals surface area (Å²) in [5, 5.41) is 23.8. The first-order valence-electron chi connectivity index (χ1n) is 19.4. The topological polar surface area (TPSA) is 174 Å². The number of phenols is 2. The van der Waals surface area contributed by atoms with Crippen molar-refractivity contribution in [2.45, 2.75) is 72.1 Å². The van der Waals surface area contributed by atoms with Crippen LogP contribution in [-0.2, 0) is 36.8 Å². The van der Waals surface area contributed by atoms with Gasteiger partial charge in [0.2, 0.25) is 0 Å². The van der Waals surface area contributed by atoms with Crippen molar-refractivity contribution in [3.63, 3.8) is 0 Å². The molecule has 0 bridgehead atoms. The Balaban J connectivity index is 1.05. The second-order valence-corrected chi connectivity index (χ2v) is 18.1. The molecule has 3 N–H and O–H groups in total. The molecule has 15 heteroatoms. The number of nitrogens with one attached hydrogen (secondary N) is 1. The third kappa shape index (κ3) is 9.49. The van der Waals surface area contributed by atoms with Gasteiger partial charge in [0.25, 0.3) is 5.91 Å². The van der Waals surface area contributed by atoms with Crippen LogP contribution in [0.4, 0.5) is 8.78 Å². The zero-order chi connectivity index (χ0) is 44.4. The van der Waals surface area contributed by atoms with Crippen LogP contribution >= 0.6 is 0 Å². The maximum atomic E-state index is 14.5. The molecule has 3 atom stereocenters. The number of amides is 1. The quantitative estimate of drug-likeness (QED) is 0.0651. The van der Waals surface area contributed by atoms with Gasteiger partial charge in [-0.1, -0.05) is 17.7 Å². The van der Waals surface area contributed by atoms with Crippen molar-refractivity contribution in [2.75, 3.05) is 0 Å². The van der Waals surface area contributed by atoms with Crippen LogP contribution in [0.15, 0.2) is 72.8 Å². The van der Waals surface area contributed by atoms with Crippen molar-refractivity contribution in [1.29, 1.82) is 0 Å². The number of carbonyl (C=O) groups excluding carboxylic acids is 6. The molecule has 0 fully saturated rings. The van der Waals surface area contributed by atoms with Gasteiger partial charge >= 0.3 is 254 Å². The Bertz CT molecular complexity index is 2760. The summed E-state index contributed by atoms with van der Waals surface area (Å²) in [6.07, 6.45) is -0.771. The summed E-state index contributed by atoms with van der Waals surface area (Å²) < 4.78 is 36.6. The SMILES string of the molecule is Cc1ccc(C(=O)n2c(C)c(CC(=O)NC(C)CC(=O)OC(=O)C(C)C[AsH]C(=O)Cc3c(C)n(C(=O)c4ccc(C)cc4)c4cc(F)c(O)cc34)c3cc(O)c(F)cc32)cc1. The fourth-order valence-corrected chi connectivity index (χ4v) is 9.32. The summed E-state index contributed by atoms with van der Waals surface area (Å²) in [5.41, 5.74) is 4.53. The Hall–Kier alpha value is -6.40. The number of aryl methyl sites for hydroxylation is 2. The standard InChI is InChI=1S/C46H44AsF2N3O9/c1-23-7-11-29(12-8-23)44(58)51-27(5)31(33-16-39(53)35(48)20-37(33)51)18-41(55)47-22-25(3)46(60)61-43(57)15-26(4)50-42(56)19-32-28(6)52(38-21-36(49)40(54)17-34(32)38)45(59)30-13-9-24(2)10-14-30/h7-14,16-17,20-21,25-26,47,53-54H,15,18-19,22H2,1-6H3,(H,50,56). The molecule has 12 nitrogen and oxygen atoms in total. The number of esters is 2. The van der Waals surface area contributed by atoms with Crippen molar-refractivity contribution in [3.8, 4) is 11.5 Å². The van der Waals surface area contributed by atoms with Gasteiger partial charge in [-0.25, -0.2) is 4.39 Å². The van der Waals surface area contributed by atoms with Crippen LogP contribution < -0.4 is 5.32 Å². The summed E-state index contributed by atoms with van der Waals surface area (Å²) in [6.45, 7) is 10.1. The summed E-state index contributed by atoms with van der Waals surface area (Å²) in [7, 11) is 0. The molecule has 0 aliphatic rings. The number of hydrogen-bond donors (Lipinski definition) is 3. The van der Waals surface area contributed by atoms with Crippen molar-refractivity contribution in [2.24, 2.45) is 5.92 Å². The number of aromatic hydroxyl groups is 2. The molecular weight excluding hydrogens is 851 g/mol. The smallest absolute Gasteiger partial charge is 0.505 e. The van der Waals surface area contributed by atoms with E-state index in [9.17, 15) is 47.8 Å². The Kier molecular flexibility index (Phi) is 13.1. The Morgan fingerprint density at radius 2 is 1.13 bits per heavy atom. The molecule has 0 aliphatic carbocycles. The molecule has 4 aromatic carbocycles. The van der Waals surface area contributed by atoms with Gasteiger partial charge in [-0.3, -0.25) is 9.36 Å². The Morgan fingerprint density at radius 1 is 0.689 bits per heavy atom. The zero-order valence-electron chi connectivity index (χ0n) is 34.3. The van der Waals surface area contributed by atoms with E-state index < -0.39 is 80.5 Å². The number of phenolic OH excluding ortho intramolecular Hbond substituents is 2. The van der Waals surface area contributed by atoms with E-state index in [1.54, 1.807) is 62.4 Å². The fraction of sp³-hybridized carbons (Fsp3) is 0.261. The van der Waals surface area contributed by atoms with Crippen LogP contribution in [0.25, 0.3) is 21.8 Å². The molecular formula is C46H44AsF2N3O9. The maximum absolute atomic E-state index is 14.5. The van der Waals surface area contributed by atoms with E-state index in [2.05, 4.69) is 5.32 Å². The summed E-state index contributed by atoms with van der Waals surface area (Å²) in [4.78, 5) is 79.4. The van der Waals surface area contributed by atoms with Gasteiger partial charge in [0.05, 0.1) is 5.52 Å². The molecule has 2 aromatic heterocycles. The molecule has 3 unspecified atom stereocenters. The Labute approximate surface area is 356 Å². The average Bonchev–Trinajstić information content (AvgIpc) is 3.60. The summed E-state index contributed by atoms with van der Waals surface area (Å²) in [5.74, 6) is -7.12. The van der Waals surface area contributed by atoms with Gasteiger partial charge in [0, 0.05) is 11.6 Å². The predicted molar refractivity (Wildman–Crippen MR) is 225 cm³/mol. The number of rotatable bonds is 13. The van der Waals surface area contributed by atoms with Crippen LogP contribution in [0.5, 0.6) is 11.5 Å². The second-order valence-electron chi connectivity index (χ2n) is 15.3. The molecule has 0 saturated carbocycles. The van der Waals surface area contributed by atoms with E-state index in [1.807, 2.05) is 13.8 Å². The summed E-state index contributed by atoms with van der Waals surface area (Å²) >= 11 is -1.45. The number of benzene rings is 4. The summed E-state index contributed by atoms with van der Waals surface area (Å²) in [6, 6.07) is 17.3. The molecule has 316 valence electrons. The second kappa shape index (κ2) is 18.1. The monoisotopic (exact) mass is 895 g/mol. The Morgan fingerprint density at radius 3 is 1.59 bits per heavy atom. The molecule has 1 amide bonds. The number of carbonyl (C=O) groups is 6. The number of nitrogens with zero attached hydrogens (tertiary/aromatic N) is 2. The van der Waals surface area contributed by atoms with Crippen molar-refractivity contribution in [1.82, 2.24) is 14.5 Å². The van der Waals surface area contributed by atoms with E-state index in [0.717, 1.165) is 29.3 Å². The molecule has 0 spiro atoms. The van der Waals surface area contributed by atoms with Crippen molar-refractivity contribution >= 4 is 71.8 Å². The third-order valence-corrected chi connectivity index (χ3v) is 13.5. The minimum atomic E-state index is -1.45. The van der Waals surface area contributed by atoms with Crippen LogP contribution in [0.1, 0.15) is 74.6 Å². The first-order chi connectivity index (χ1) is 28.8. The number of aromatic nitrogens is 2. The van der Waals surface area contributed by atoms with Crippen molar-refractivity contribution in [3.05, 3.63) is 129 Å². The van der Waals surface area contributed by atoms with Gasteiger partial charge in [-0.2, -0.15) is 0 Å². The predicted octanol–water partition coefficient (Wildman–Crippen LogP) is 6.66. The fourth-order valence-electron chi connectivity index (χ4n) is 7.21. The van der Waals surface area contributed by atoms with E-state index >= 15 is 0 Å². The molecule has 61 heavy (non-hydrogen) atoms. The van der Waals surface area contributed by atoms with Gasteiger partial charge in [0.15, 0.2) is 11.6 Å². The minimum Gasteiger partial charge on any atom is -0.505 e. The van der Waals surface area contributed by atoms with Crippen LogP contribution in [0.2, 0.25) is 5.21 Å². The van der Waals surface area contributed by atoms with Gasteiger partial charge in [-0.05, 0) is 32.0 Å². The molecule has 0 aliphatic heterocycles. The molecule has 6 aromatic rings. The first kappa shape index (κ1) is 44.2. The molecule has 0 radical (unpaired) electrons. The van der Waals surface area contributed by atoms with Gasteiger partial charge < -0.3 is 5.11 Å². The average molecular weight is 896 g/mol. The normalized spacial score (nSPS) is 12.5. The van der Waals surface area contributed by atoms with Gasteiger partial charge in [-0.15, -0.1) is 0 Å². The van der Waals surface area contributed by atoms with E-state index in [4.69, 9.17) is 4.74 Å². The van der Waals surface area contributed by atoms with E-state index in [1.165, 1.54) is 29.0 Å². The first-order valence-corrected chi connectivity index (χ1v) is 22.0. The number of ether oxygens (including phenoxy) is 1. The van der Waals surface area contributed by atoms with E-state index in [0.29, 0.717) is 44.4 Å². The molecule has 6 rings (SSSR count). The van der Waals surface area contributed by atoms with Crippen LogP contribution in [0.3, 0.4) is 0 Å². The molecule has 0 saturated heterocycles. The van der Waals surface area contributed by atoms with Gasteiger partial charge in [0.1, 0.15) is 0 Å². The number of fused-ring (bicyclic) bond motifs is 2. The van der Waals surface area contributed by atoms with E-state index in [-0.39, 0.29) is 40.1 Å². The minimum absolute atomic E-state index is 0.124. The number of hydrogen-bond acceptors (Lipinski definition) is 9.